The highest BCUT2D eigenvalue weighted by atomic mass is 16.3. The van der Waals surface area contributed by atoms with Gasteiger partial charge in [-0.1, -0.05) is 165 Å². The third kappa shape index (κ3) is 5.87. The molecule has 1 aliphatic heterocycles. The Balaban J connectivity index is 1.17. The van der Waals surface area contributed by atoms with Gasteiger partial charge in [-0.3, -0.25) is 0 Å². The number of nitrogens with one attached hydrogen (secondary N) is 1. The Bertz CT molecular complexity index is 3540. The molecule has 287 valence electrons. The summed E-state index contributed by atoms with van der Waals surface area (Å²) in [6.07, 6.45) is 0. The van der Waals surface area contributed by atoms with E-state index in [1.165, 1.54) is 71.2 Å². The van der Waals surface area contributed by atoms with Gasteiger partial charge in [0.05, 0.1) is 0 Å². The van der Waals surface area contributed by atoms with Crippen molar-refractivity contribution in [2.75, 3.05) is 5.32 Å². The Labute approximate surface area is 356 Å². The molecule has 0 fully saturated rings. The van der Waals surface area contributed by atoms with Crippen molar-refractivity contribution in [3.05, 3.63) is 194 Å². The lowest BCUT2D eigenvalue weighted by atomic mass is 9.54. The van der Waals surface area contributed by atoms with Crippen molar-refractivity contribution >= 4 is 83.8 Å². The maximum absolute atomic E-state index is 6.97. The second-order valence-corrected chi connectivity index (χ2v) is 17.6. The molecule has 0 spiro atoms. The molecular formula is C58H41BNO. The van der Waals surface area contributed by atoms with Crippen LogP contribution in [0.2, 0.25) is 0 Å². The van der Waals surface area contributed by atoms with Crippen LogP contribution in [0.25, 0.3) is 98.8 Å². The van der Waals surface area contributed by atoms with Gasteiger partial charge in [-0.15, -0.1) is 0 Å². The molecule has 0 bridgehead atoms. The lowest BCUT2D eigenvalue weighted by molar-refractivity contribution is 0.590. The third-order valence-electron chi connectivity index (χ3n) is 12.8. The molecule has 11 aromatic rings. The topological polar surface area (TPSA) is 25.2 Å². The Morgan fingerprint density at radius 3 is 1.87 bits per heavy atom. The smallest absolute Gasteiger partial charge is 0.194 e. The van der Waals surface area contributed by atoms with Crippen LogP contribution in [0.1, 0.15) is 26.3 Å². The normalized spacial score (nSPS) is 12.3. The monoisotopic (exact) mass is 778 g/mol. The van der Waals surface area contributed by atoms with E-state index in [1.807, 2.05) is 0 Å². The fourth-order valence-corrected chi connectivity index (χ4v) is 9.68. The number of hydrogen-bond acceptors (Lipinski definition) is 2. The first-order valence-electron chi connectivity index (χ1n) is 21.2. The zero-order valence-corrected chi connectivity index (χ0v) is 34.4. The maximum atomic E-state index is 6.97. The first-order chi connectivity index (χ1) is 29.8. The Morgan fingerprint density at radius 1 is 0.459 bits per heavy atom. The van der Waals surface area contributed by atoms with Gasteiger partial charge in [-0.05, 0) is 131 Å². The molecule has 0 atom stereocenters. The fraction of sp³-hybridized carbons (Fsp3) is 0.0690. The van der Waals surface area contributed by atoms with Crippen molar-refractivity contribution in [1.29, 1.82) is 0 Å². The van der Waals surface area contributed by atoms with Gasteiger partial charge in [-0.25, -0.2) is 0 Å². The molecule has 1 radical (unpaired) electrons. The summed E-state index contributed by atoms with van der Waals surface area (Å²) in [6, 6.07) is 68.8. The molecule has 0 unspecified atom stereocenters. The molecule has 0 saturated heterocycles. The maximum Gasteiger partial charge on any atom is 0.194 e. The van der Waals surface area contributed by atoms with Crippen LogP contribution in [-0.4, -0.2) is 7.28 Å². The van der Waals surface area contributed by atoms with E-state index >= 15 is 0 Å². The highest BCUT2D eigenvalue weighted by Crippen LogP contribution is 2.46. The van der Waals surface area contributed by atoms with Crippen molar-refractivity contribution in [3.63, 3.8) is 0 Å². The Kier molecular flexibility index (Phi) is 7.93. The van der Waals surface area contributed by atoms with Gasteiger partial charge in [-0.2, -0.15) is 0 Å². The number of anilines is 2. The minimum atomic E-state index is 0.0688. The first-order valence-corrected chi connectivity index (χ1v) is 21.2. The minimum absolute atomic E-state index is 0.0688. The molecule has 1 aromatic heterocycles. The van der Waals surface area contributed by atoms with Crippen LogP contribution >= 0.6 is 0 Å². The number of rotatable bonds is 5. The van der Waals surface area contributed by atoms with Gasteiger partial charge in [0.2, 0.25) is 0 Å². The van der Waals surface area contributed by atoms with Gasteiger partial charge in [0.15, 0.2) is 7.28 Å². The molecule has 0 saturated carbocycles. The summed E-state index contributed by atoms with van der Waals surface area (Å²) in [5, 5.41) is 13.5. The van der Waals surface area contributed by atoms with Crippen LogP contribution in [0, 0.1) is 0 Å². The zero-order chi connectivity index (χ0) is 40.8. The van der Waals surface area contributed by atoms with E-state index in [-0.39, 0.29) is 5.41 Å². The van der Waals surface area contributed by atoms with E-state index < -0.39 is 0 Å². The van der Waals surface area contributed by atoms with Gasteiger partial charge in [0.1, 0.15) is 11.2 Å². The van der Waals surface area contributed by atoms with Crippen molar-refractivity contribution in [2.45, 2.75) is 26.2 Å². The predicted molar refractivity (Wildman–Crippen MR) is 261 cm³/mol. The SMILES string of the molecule is CC(C)(C)c1ccc(Nc2cc3ccccc3cc2-c2cc3c(oc4ccccc43)c3c2[B]c2cc(-c4ccccc4)cc4c2c-3cc2ccc(-c3ccccc3)cc24)cc1. The summed E-state index contributed by atoms with van der Waals surface area (Å²) >= 11 is 0. The predicted octanol–water partition coefficient (Wildman–Crippen LogP) is 14.7. The molecule has 61 heavy (non-hydrogen) atoms. The summed E-state index contributed by atoms with van der Waals surface area (Å²) in [5.74, 6) is 0. The van der Waals surface area contributed by atoms with Crippen LogP contribution in [-0.2, 0) is 5.41 Å². The number of fused-ring (bicyclic) bond motifs is 9. The van der Waals surface area contributed by atoms with Crippen LogP contribution in [0.15, 0.2) is 192 Å². The summed E-state index contributed by atoms with van der Waals surface area (Å²) in [5.41, 5.74) is 17.1. The molecule has 1 aliphatic rings. The van der Waals surface area contributed by atoms with Gasteiger partial charge in [0, 0.05) is 33.3 Å². The summed E-state index contributed by atoms with van der Waals surface area (Å²) in [7, 11) is 2.43. The molecular weight excluding hydrogens is 737 g/mol. The van der Waals surface area contributed by atoms with Crippen molar-refractivity contribution in [3.8, 4) is 44.5 Å². The zero-order valence-electron chi connectivity index (χ0n) is 34.4. The van der Waals surface area contributed by atoms with Crippen LogP contribution in [0.4, 0.5) is 11.4 Å². The Hall–Kier alpha value is -7.36. The molecule has 3 heteroatoms. The van der Waals surface area contributed by atoms with Crippen molar-refractivity contribution in [1.82, 2.24) is 0 Å². The highest BCUT2D eigenvalue weighted by molar-refractivity contribution is 6.75. The molecule has 0 amide bonds. The first kappa shape index (κ1) is 35.6. The molecule has 12 rings (SSSR count). The number of para-hydroxylation sites is 1. The van der Waals surface area contributed by atoms with E-state index in [1.54, 1.807) is 0 Å². The standard InChI is InChI=1S/C58H41BNO/c1-58(2,3)42-24-26-43(27-25-42)60-52-33-38-19-11-10-18-37(38)29-46(52)48-34-49-44-20-12-13-21-53(44)61-57(49)55-50-30-40-23-22-39(35-14-6-4-7-15-35)28-45(40)47-31-41(36-16-8-5-9-17-36)32-51(54(47)50)59-56(48)55/h4-34,60H,1-3H3. The number of benzene rings is 10. The van der Waals surface area contributed by atoms with Gasteiger partial charge < -0.3 is 9.73 Å². The average molecular weight is 779 g/mol. The Morgan fingerprint density at radius 2 is 1.11 bits per heavy atom. The average Bonchev–Trinajstić information content (AvgIpc) is 3.67. The third-order valence-corrected chi connectivity index (χ3v) is 12.8. The van der Waals surface area contributed by atoms with E-state index in [4.69, 9.17) is 4.42 Å². The fourth-order valence-electron chi connectivity index (χ4n) is 9.68. The largest absolute Gasteiger partial charge is 0.455 e. The lowest BCUT2D eigenvalue weighted by Gasteiger charge is -2.26. The second kappa shape index (κ2) is 13.6. The summed E-state index contributed by atoms with van der Waals surface area (Å²) < 4.78 is 6.97. The van der Waals surface area contributed by atoms with Gasteiger partial charge in [0.25, 0.3) is 0 Å². The lowest BCUT2D eigenvalue weighted by Crippen LogP contribution is -2.35. The van der Waals surface area contributed by atoms with Gasteiger partial charge >= 0.3 is 0 Å². The quantitative estimate of drug-likeness (QED) is 0.139. The van der Waals surface area contributed by atoms with Crippen molar-refractivity contribution in [2.24, 2.45) is 0 Å². The highest BCUT2D eigenvalue weighted by Gasteiger charge is 2.30. The van der Waals surface area contributed by atoms with E-state index in [9.17, 15) is 0 Å². The van der Waals surface area contributed by atoms with E-state index in [0.29, 0.717) is 0 Å². The van der Waals surface area contributed by atoms with Crippen LogP contribution < -0.4 is 16.2 Å². The van der Waals surface area contributed by atoms with Crippen molar-refractivity contribution < 1.29 is 4.42 Å². The molecule has 10 aromatic carbocycles. The molecule has 0 aliphatic carbocycles. The molecule has 2 heterocycles. The molecule has 1 N–H and O–H groups in total. The van der Waals surface area contributed by atoms with Crippen LogP contribution in [0.3, 0.4) is 0 Å². The van der Waals surface area contributed by atoms with E-state index in [2.05, 4.69) is 221 Å². The van der Waals surface area contributed by atoms with E-state index in [0.717, 1.165) is 55.5 Å². The summed E-state index contributed by atoms with van der Waals surface area (Å²) in [6.45, 7) is 6.79. The second-order valence-electron chi connectivity index (χ2n) is 17.6. The summed E-state index contributed by atoms with van der Waals surface area (Å²) in [4.78, 5) is 0. The molecule has 2 nitrogen and oxygen atoms in total. The number of hydrogen-bond donors (Lipinski definition) is 1. The minimum Gasteiger partial charge on any atom is -0.455 e. The number of furan rings is 1. The van der Waals surface area contributed by atoms with Crippen LogP contribution in [0.5, 0.6) is 0 Å².